The van der Waals surface area contributed by atoms with Crippen LogP contribution >= 0.6 is 43.2 Å². The van der Waals surface area contributed by atoms with E-state index in [4.69, 9.17) is 5.11 Å². The molecule has 0 fully saturated rings. The second-order valence-electron chi connectivity index (χ2n) is 3.77. The van der Waals surface area contributed by atoms with E-state index in [0.717, 1.165) is 3.79 Å². The van der Waals surface area contributed by atoms with Gasteiger partial charge in [0.15, 0.2) is 0 Å². The highest BCUT2D eigenvalue weighted by molar-refractivity contribution is 9.12. The van der Waals surface area contributed by atoms with E-state index >= 15 is 0 Å². The van der Waals surface area contributed by atoms with E-state index < -0.39 is 12.0 Å². The number of halogens is 2. The lowest BCUT2D eigenvalue weighted by molar-refractivity contribution is -0.140. The van der Waals surface area contributed by atoms with Crippen LogP contribution in [0.25, 0.3) is 0 Å². The maximum absolute atomic E-state index is 11.9. The number of thiophene rings is 1. The summed E-state index contributed by atoms with van der Waals surface area (Å²) in [5.74, 6) is -1.59. The molecule has 0 aromatic carbocycles. The summed E-state index contributed by atoms with van der Waals surface area (Å²) in [5.41, 5.74) is 0.439. The van der Waals surface area contributed by atoms with Crippen molar-refractivity contribution in [1.29, 1.82) is 0 Å². The smallest absolute Gasteiger partial charge is 0.326 e. The van der Waals surface area contributed by atoms with E-state index in [1.54, 1.807) is 19.9 Å². The molecule has 1 heterocycles. The number of carboxylic acids is 1. The van der Waals surface area contributed by atoms with Gasteiger partial charge in [-0.2, -0.15) is 0 Å². The average Bonchev–Trinajstić information content (AvgIpc) is 2.53. The molecule has 1 atom stereocenters. The molecule has 0 spiro atoms. The zero-order valence-corrected chi connectivity index (χ0v) is 13.1. The van der Waals surface area contributed by atoms with E-state index in [9.17, 15) is 9.59 Å². The van der Waals surface area contributed by atoms with Crippen LogP contribution in [0.15, 0.2) is 13.6 Å². The predicted octanol–water partition coefficient (Wildman–Crippen LogP) is 3.11. The highest BCUT2D eigenvalue weighted by atomic mass is 79.9. The lowest BCUT2D eigenvalue weighted by Crippen LogP contribution is -2.44. The molecule has 1 aromatic rings. The zero-order chi connectivity index (χ0) is 13.2. The summed E-state index contributed by atoms with van der Waals surface area (Å²) >= 11 is 7.90. The monoisotopic (exact) mass is 383 g/mol. The Morgan fingerprint density at radius 3 is 2.35 bits per heavy atom. The van der Waals surface area contributed by atoms with Gasteiger partial charge in [-0.05, 0) is 43.8 Å². The van der Waals surface area contributed by atoms with Crippen LogP contribution < -0.4 is 5.32 Å². The van der Waals surface area contributed by atoms with Crippen molar-refractivity contribution >= 4 is 55.1 Å². The minimum atomic E-state index is -1.03. The maximum Gasteiger partial charge on any atom is 0.326 e. The van der Waals surface area contributed by atoms with Crippen LogP contribution in [-0.4, -0.2) is 23.0 Å². The van der Waals surface area contributed by atoms with Crippen molar-refractivity contribution in [1.82, 2.24) is 5.32 Å². The second-order valence-corrected chi connectivity index (χ2v) is 7.52. The first kappa shape index (κ1) is 14.7. The fourth-order valence-electron chi connectivity index (χ4n) is 1.23. The number of carbonyl (C=O) groups excluding carboxylic acids is 1. The van der Waals surface area contributed by atoms with Gasteiger partial charge in [0.25, 0.3) is 5.91 Å². The number of amides is 1. The zero-order valence-electron chi connectivity index (χ0n) is 9.16. The molecule has 0 saturated carbocycles. The third-order valence-electron chi connectivity index (χ3n) is 2.12. The molecule has 94 valence electrons. The standard InChI is InChI=1S/C10H11Br2NO3S/c1-4(2)7(10(15)16)13-9(14)5-3-6(11)17-8(5)12/h3-4,7H,1-2H3,(H,13,14)(H,15,16)/t7-/m1/s1. The summed E-state index contributed by atoms with van der Waals surface area (Å²) in [4.78, 5) is 22.8. The first-order valence-electron chi connectivity index (χ1n) is 4.81. The normalized spacial score (nSPS) is 12.5. The van der Waals surface area contributed by atoms with Gasteiger partial charge in [-0.15, -0.1) is 11.3 Å². The number of hydrogen-bond donors (Lipinski definition) is 2. The minimum absolute atomic E-state index is 0.169. The van der Waals surface area contributed by atoms with Crippen LogP contribution in [0.2, 0.25) is 0 Å². The highest BCUT2D eigenvalue weighted by Crippen LogP contribution is 2.31. The molecule has 7 heteroatoms. The third kappa shape index (κ3) is 3.79. The number of carbonyl (C=O) groups is 2. The van der Waals surface area contributed by atoms with E-state index in [2.05, 4.69) is 37.2 Å². The summed E-state index contributed by atoms with van der Waals surface area (Å²) in [7, 11) is 0. The summed E-state index contributed by atoms with van der Waals surface area (Å²) in [6.07, 6.45) is 0. The van der Waals surface area contributed by atoms with Gasteiger partial charge in [0, 0.05) is 0 Å². The quantitative estimate of drug-likeness (QED) is 0.837. The van der Waals surface area contributed by atoms with Gasteiger partial charge in [-0.25, -0.2) is 4.79 Å². The number of carboxylic acid groups (broad SMARTS) is 1. The lowest BCUT2D eigenvalue weighted by Gasteiger charge is -2.17. The first-order chi connectivity index (χ1) is 7.82. The maximum atomic E-state index is 11.9. The summed E-state index contributed by atoms with van der Waals surface area (Å²) in [5, 5.41) is 11.5. The Balaban J connectivity index is 2.85. The van der Waals surface area contributed by atoms with E-state index in [1.165, 1.54) is 11.3 Å². The molecule has 0 bridgehead atoms. The van der Waals surface area contributed by atoms with Crippen LogP contribution in [0, 0.1) is 5.92 Å². The second kappa shape index (κ2) is 5.97. The Morgan fingerprint density at radius 2 is 2.00 bits per heavy atom. The van der Waals surface area contributed by atoms with Gasteiger partial charge in [-0.1, -0.05) is 13.8 Å². The minimum Gasteiger partial charge on any atom is -0.480 e. The average molecular weight is 385 g/mol. The van der Waals surface area contributed by atoms with Gasteiger partial charge < -0.3 is 10.4 Å². The van der Waals surface area contributed by atoms with Crippen LogP contribution in [0.5, 0.6) is 0 Å². The fraction of sp³-hybridized carbons (Fsp3) is 0.400. The molecule has 2 N–H and O–H groups in total. The molecule has 0 aliphatic carbocycles. The molecule has 17 heavy (non-hydrogen) atoms. The number of aliphatic carboxylic acids is 1. The van der Waals surface area contributed by atoms with Crippen molar-refractivity contribution < 1.29 is 14.7 Å². The van der Waals surface area contributed by atoms with Crippen LogP contribution in [-0.2, 0) is 4.79 Å². The Hall–Kier alpha value is -0.400. The molecular formula is C10H11Br2NO3S. The predicted molar refractivity (Wildman–Crippen MR) is 73.4 cm³/mol. The van der Waals surface area contributed by atoms with Crippen molar-refractivity contribution in [2.75, 3.05) is 0 Å². The topological polar surface area (TPSA) is 66.4 Å². The van der Waals surface area contributed by atoms with E-state index in [-0.39, 0.29) is 11.8 Å². The van der Waals surface area contributed by atoms with Crippen molar-refractivity contribution in [2.24, 2.45) is 5.92 Å². The summed E-state index contributed by atoms with van der Waals surface area (Å²) in [6.45, 7) is 3.50. The number of hydrogen-bond acceptors (Lipinski definition) is 3. The largest absolute Gasteiger partial charge is 0.480 e. The fourth-order valence-corrected chi connectivity index (χ4v) is 4.02. The van der Waals surface area contributed by atoms with Crippen LogP contribution in [0.1, 0.15) is 24.2 Å². The molecule has 1 rings (SSSR count). The first-order valence-corrected chi connectivity index (χ1v) is 7.21. The van der Waals surface area contributed by atoms with Gasteiger partial charge in [0.1, 0.15) is 6.04 Å². The van der Waals surface area contributed by atoms with Crippen molar-refractivity contribution in [3.05, 3.63) is 19.2 Å². The van der Waals surface area contributed by atoms with Crippen LogP contribution in [0.3, 0.4) is 0 Å². The van der Waals surface area contributed by atoms with Crippen molar-refractivity contribution in [3.8, 4) is 0 Å². The highest BCUT2D eigenvalue weighted by Gasteiger charge is 2.25. The Labute approximate surface area is 120 Å². The molecule has 0 aliphatic rings. The molecule has 0 aliphatic heterocycles. The molecule has 1 amide bonds. The molecule has 0 saturated heterocycles. The number of rotatable bonds is 4. The van der Waals surface area contributed by atoms with Crippen molar-refractivity contribution in [2.45, 2.75) is 19.9 Å². The van der Waals surface area contributed by atoms with Gasteiger partial charge >= 0.3 is 5.97 Å². The van der Waals surface area contributed by atoms with Gasteiger partial charge in [0.2, 0.25) is 0 Å². The van der Waals surface area contributed by atoms with Gasteiger partial charge in [0.05, 0.1) is 13.1 Å². The summed E-state index contributed by atoms with van der Waals surface area (Å²) < 4.78 is 1.49. The Kier molecular flexibility index (Phi) is 5.15. The molecule has 0 radical (unpaired) electrons. The van der Waals surface area contributed by atoms with E-state index in [0.29, 0.717) is 9.35 Å². The SMILES string of the molecule is CC(C)[C@@H](NC(=O)c1cc(Br)sc1Br)C(=O)O. The molecule has 1 aromatic heterocycles. The van der Waals surface area contributed by atoms with Crippen molar-refractivity contribution in [3.63, 3.8) is 0 Å². The third-order valence-corrected chi connectivity index (χ3v) is 4.46. The lowest BCUT2D eigenvalue weighted by atomic mass is 10.0. The molecule has 4 nitrogen and oxygen atoms in total. The Bertz CT molecular complexity index is 445. The molecular weight excluding hydrogens is 374 g/mol. The number of nitrogens with one attached hydrogen (secondary N) is 1. The molecule has 0 unspecified atom stereocenters. The van der Waals surface area contributed by atoms with Crippen LogP contribution in [0.4, 0.5) is 0 Å². The van der Waals surface area contributed by atoms with E-state index in [1.807, 2.05) is 0 Å². The van der Waals surface area contributed by atoms with Gasteiger partial charge in [-0.3, -0.25) is 4.79 Å². The Morgan fingerprint density at radius 1 is 1.41 bits per heavy atom. The summed E-state index contributed by atoms with van der Waals surface area (Å²) in [6, 6.07) is 0.775.